The van der Waals surface area contributed by atoms with Crippen LogP contribution in [0.15, 0.2) is 18.2 Å². The first-order valence-electron chi connectivity index (χ1n) is 8.94. The number of hydrogen-bond acceptors (Lipinski definition) is 6. The Balaban J connectivity index is 1.82. The standard InChI is InChI=1S/C19H26N2O6/c1-12-6-4-5-7-15(12)20-19(24)21-17(22)11-27-18(23)14-9-8-13(25-2)10-16(14)26-3/h8-10,12,15H,4-7,11H2,1-3H3,(H2,20,21,22,24)/t12-,15+/m1/s1. The normalized spacial score (nSPS) is 18.9. The van der Waals surface area contributed by atoms with E-state index >= 15 is 0 Å². The van der Waals surface area contributed by atoms with Crippen LogP contribution in [-0.2, 0) is 9.53 Å². The van der Waals surface area contributed by atoms with E-state index in [0.717, 1.165) is 25.7 Å². The van der Waals surface area contributed by atoms with Gasteiger partial charge in [-0.15, -0.1) is 0 Å². The van der Waals surface area contributed by atoms with Crippen LogP contribution in [-0.4, -0.2) is 44.8 Å². The first-order valence-corrected chi connectivity index (χ1v) is 8.94. The minimum absolute atomic E-state index is 0.0534. The molecule has 1 aromatic carbocycles. The lowest BCUT2D eigenvalue weighted by atomic mass is 9.86. The maximum Gasteiger partial charge on any atom is 0.342 e. The van der Waals surface area contributed by atoms with Gasteiger partial charge in [0.25, 0.3) is 5.91 Å². The molecule has 0 aliphatic heterocycles. The molecule has 8 nitrogen and oxygen atoms in total. The summed E-state index contributed by atoms with van der Waals surface area (Å²) in [6.07, 6.45) is 4.17. The van der Waals surface area contributed by atoms with Gasteiger partial charge in [0.15, 0.2) is 6.61 Å². The fourth-order valence-corrected chi connectivity index (χ4v) is 3.07. The second-order valence-electron chi connectivity index (χ2n) is 6.53. The van der Waals surface area contributed by atoms with E-state index in [1.54, 1.807) is 6.07 Å². The van der Waals surface area contributed by atoms with Crippen molar-refractivity contribution >= 4 is 17.9 Å². The Hall–Kier alpha value is -2.77. The van der Waals surface area contributed by atoms with Gasteiger partial charge in [-0.3, -0.25) is 10.1 Å². The molecule has 8 heteroatoms. The van der Waals surface area contributed by atoms with E-state index in [2.05, 4.69) is 17.6 Å². The number of benzene rings is 1. The highest BCUT2D eigenvalue weighted by molar-refractivity contribution is 5.98. The molecule has 0 radical (unpaired) electrons. The maximum absolute atomic E-state index is 12.2. The molecule has 0 bridgehead atoms. The molecule has 0 saturated heterocycles. The molecular weight excluding hydrogens is 352 g/mol. The van der Waals surface area contributed by atoms with Crippen molar-refractivity contribution < 1.29 is 28.6 Å². The van der Waals surface area contributed by atoms with Crippen LogP contribution in [0.25, 0.3) is 0 Å². The van der Waals surface area contributed by atoms with Crippen LogP contribution >= 0.6 is 0 Å². The topological polar surface area (TPSA) is 103 Å². The van der Waals surface area contributed by atoms with Gasteiger partial charge in [-0.05, 0) is 30.9 Å². The number of rotatable bonds is 6. The second kappa shape index (κ2) is 9.80. The van der Waals surface area contributed by atoms with Crippen LogP contribution in [0, 0.1) is 5.92 Å². The number of hydrogen-bond donors (Lipinski definition) is 2. The first-order chi connectivity index (χ1) is 12.9. The van der Waals surface area contributed by atoms with Crippen LogP contribution in [0.3, 0.4) is 0 Å². The number of esters is 1. The quantitative estimate of drug-likeness (QED) is 0.736. The third-order valence-corrected chi connectivity index (χ3v) is 4.64. The number of carbonyl (C=O) groups is 3. The van der Waals surface area contributed by atoms with Crippen molar-refractivity contribution in [1.29, 1.82) is 0 Å². The van der Waals surface area contributed by atoms with E-state index in [1.165, 1.54) is 26.4 Å². The highest BCUT2D eigenvalue weighted by atomic mass is 16.5. The third kappa shape index (κ3) is 5.87. The number of amides is 3. The molecule has 1 aromatic rings. The molecule has 1 saturated carbocycles. The van der Waals surface area contributed by atoms with Gasteiger partial charge in [0, 0.05) is 12.1 Å². The highest BCUT2D eigenvalue weighted by Crippen LogP contribution is 2.25. The van der Waals surface area contributed by atoms with Gasteiger partial charge in [0.05, 0.1) is 14.2 Å². The summed E-state index contributed by atoms with van der Waals surface area (Å²) < 4.78 is 15.2. The molecule has 2 N–H and O–H groups in total. The molecule has 2 rings (SSSR count). The lowest BCUT2D eigenvalue weighted by Gasteiger charge is -2.29. The summed E-state index contributed by atoms with van der Waals surface area (Å²) in [5.41, 5.74) is 0.159. The predicted octanol–water partition coefficient (Wildman–Crippen LogP) is 2.27. The minimum Gasteiger partial charge on any atom is -0.497 e. The predicted molar refractivity (Wildman–Crippen MR) is 97.9 cm³/mol. The van der Waals surface area contributed by atoms with Crippen LogP contribution in [0.2, 0.25) is 0 Å². The molecule has 1 aliphatic carbocycles. The largest absolute Gasteiger partial charge is 0.497 e. The van der Waals surface area contributed by atoms with Gasteiger partial charge < -0.3 is 19.5 Å². The highest BCUT2D eigenvalue weighted by Gasteiger charge is 2.23. The fraction of sp³-hybridized carbons (Fsp3) is 0.526. The van der Waals surface area contributed by atoms with Crippen molar-refractivity contribution in [2.24, 2.45) is 5.92 Å². The van der Waals surface area contributed by atoms with Gasteiger partial charge >= 0.3 is 12.0 Å². The molecule has 27 heavy (non-hydrogen) atoms. The van der Waals surface area contributed by atoms with E-state index in [1.807, 2.05) is 0 Å². The molecule has 2 atom stereocenters. The third-order valence-electron chi connectivity index (χ3n) is 4.64. The number of methoxy groups -OCH3 is 2. The Morgan fingerprint density at radius 3 is 2.52 bits per heavy atom. The molecule has 0 heterocycles. The van der Waals surface area contributed by atoms with Gasteiger partial charge in [-0.2, -0.15) is 0 Å². The molecule has 3 amide bonds. The summed E-state index contributed by atoms with van der Waals surface area (Å²) in [5.74, 6) is -0.263. The van der Waals surface area contributed by atoms with Gasteiger partial charge in [0.1, 0.15) is 17.1 Å². The Bertz CT molecular complexity index is 691. The van der Waals surface area contributed by atoms with E-state index in [9.17, 15) is 14.4 Å². The lowest BCUT2D eigenvalue weighted by molar-refractivity contribution is -0.123. The number of imide groups is 1. The Labute approximate surface area is 158 Å². The van der Waals surface area contributed by atoms with Crippen molar-refractivity contribution in [3.8, 4) is 11.5 Å². The summed E-state index contributed by atoms with van der Waals surface area (Å²) in [7, 11) is 2.91. The number of ether oxygens (including phenoxy) is 3. The Morgan fingerprint density at radius 1 is 1.11 bits per heavy atom. The lowest BCUT2D eigenvalue weighted by Crippen LogP contribution is -2.48. The van der Waals surface area contributed by atoms with Gasteiger partial charge in [-0.25, -0.2) is 9.59 Å². The zero-order valence-electron chi connectivity index (χ0n) is 15.9. The fourth-order valence-electron chi connectivity index (χ4n) is 3.07. The van der Waals surface area contributed by atoms with E-state index in [-0.39, 0.29) is 17.4 Å². The summed E-state index contributed by atoms with van der Waals surface area (Å²) in [6, 6.07) is 4.08. The SMILES string of the molecule is COc1ccc(C(=O)OCC(=O)NC(=O)N[C@H]2CCCC[C@H]2C)c(OC)c1. The molecule has 1 aliphatic rings. The minimum atomic E-state index is -0.731. The number of carbonyl (C=O) groups excluding carboxylic acids is 3. The van der Waals surface area contributed by atoms with Crippen LogP contribution in [0.4, 0.5) is 4.79 Å². The Morgan fingerprint density at radius 2 is 1.85 bits per heavy atom. The number of urea groups is 1. The summed E-state index contributed by atoms with van der Waals surface area (Å²) in [6.45, 7) is 1.51. The van der Waals surface area contributed by atoms with Crippen LogP contribution in [0.1, 0.15) is 43.0 Å². The molecular formula is C19H26N2O6. The number of nitrogens with one attached hydrogen (secondary N) is 2. The molecule has 0 aromatic heterocycles. The van der Waals surface area contributed by atoms with E-state index in [0.29, 0.717) is 11.7 Å². The van der Waals surface area contributed by atoms with Crippen molar-refractivity contribution in [3.63, 3.8) is 0 Å². The molecule has 1 fully saturated rings. The summed E-state index contributed by atoms with van der Waals surface area (Å²) in [5, 5.41) is 4.99. The van der Waals surface area contributed by atoms with Gasteiger partial charge in [-0.1, -0.05) is 19.8 Å². The zero-order chi connectivity index (χ0) is 19.8. The summed E-state index contributed by atoms with van der Waals surface area (Å²) in [4.78, 5) is 36.0. The van der Waals surface area contributed by atoms with Crippen LogP contribution in [0.5, 0.6) is 11.5 Å². The first kappa shape index (κ1) is 20.5. The molecule has 0 spiro atoms. The summed E-state index contributed by atoms with van der Waals surface area (Å²) >= 11 is 0. The second-order valence-corrected chi connectivity index (χ2v) is 6.53. The zero-order valence-corrected chi connectivity index (χ0v) is 15.9. The van der Waals surface area contributed by atoms with Crippen molar-refractivity contribution in [3.05, 3.63) is 23.8 Å². The maximum atomic E-state index is 12.2. The average Bonchev–Trinajstić information content (AvgIpc) is 2.67. The van der Waals surface area contributed by atoms with Gasteiger partial charge in [0.2, 0.25) is 0 Å². The van der Waals surface area contributed by atoms with Crippen molar-refractivity contribution in [2.75, 3.05) is 20.8 Å². The molecule has 0 unspecified atom stereocenters. The van der Waals surface area contributed by atoms with Crippen LogP contribution < -0.4 is 20.1 Å². The monoisotopic (exact) mass is 378 g/mol. The average molecular weight is 378 g/mol. The van der Waals surface area contributed by atoms with Crippen molar-refractivity contribution in [1.82, 2.24) is 10.6 Å². The van der Waals surface area contributed by atoms with E-state index in [4.69, 9.17) is 14.2 Å². The van der Waals surface area contributed by atoms with Crippen molar-refractivity contribution in [2.45, 2.75) is 38.6 Å². The molecule has 148 valence electrons. The Kier molecular flexibility index (Phi) is 7.45. The van der Waals surface area contributed by atoms with E-state index < -0.39 is 24.5 Å². The smallest absolute Gasteiger partial charge is 0.342 e.